The summed E-state index contributed by atoms with van der Waals surface area (Å²) in [6.07, 6.45) is -1.75. The summed E-state index contributed by atoms with van der Waals surface area (Å²) in [4.78, 5) is 20.4. The van der Waals surface area contributed by atoms with E-state index in [1.165, 1.54) is 6.92 Å². The van der Waals surface area contributed by atoms with Crippen LogP contribution in [0, 0.1) is 0 Å². The fraction of sp³-hybridized carbons (Fsp3) is 0.667. The lowest BCUT2D eigenvalue weighted by Crippen LogP contribution is -2.38. The Hall–Kier alpha value is -1.30. The van der Waals surface area contributed by atoms with Gasteiger partial charge in [-0.2, -0.15) is 0 Å². The fourth-order valence-corrected chi connectivity index (χ4v) is 0.609. The molecule has 70 valence electrons. The Morgan fingerprint density at radius 2 is 2.25 bits per heavy atom. The molecule has 0 unspecified atom stereocenters. The van der Waals surface area contributed by atoms with Crippen molar-refractivity contribution in [3.05, 3.63) is 0 Å². The second kappa shape index (κ2) is 5.36. The SMILES string of the molecule is CC(=O)O[C@@H](CN)CNC(=O)O. The molecule has 0 bridgehead atoms. The first-order valence-corrected chi connectivity index (χ1v) is 3.40. The van der Waals surface area contributed by atoms with Gasteiger partial charge in [0.05, 0.1) is 6.54 Å². The van der Waals surface area contributed by atoms with Crippen molar-refractivity contribution in [2.45, 2.75) is 13.0 Å². The molecule has 0 saturated carbocycles. The minimum atomic E-state index is -1.17. The van der Waals surface area contributed by atoms with Gasteiger partial charge < -0.3 is 20.9 Å². The molecular weight excluding hydrogens is 164 g/mol. The zero-order valence-electron chi connectivity index (χ0n) is 6.74. The highest BCUT2D eigenvalue weighted by Crippen LogP contribution is 1.88. The lowest BCUT2D eigenvalue weighted by molar-refractivity contribution is -0.145. The van der Waals surface area contributed by atoms with E-state index in [9.17, 15) is 9.59 Å². The molecule has 0 aromatic carbocycles. The Bertz CT molecular complexity index is 171. The van der Waals surface area contributed by atoms with Crippen molar-refractivity contribution in [3.8, 4) is 0 Å². The molecule has 0 aliphatic carbocycles. The van der Waals surface area contributed by atoms with Crippen LogP contribution in [0.3, 0.4) is 0 Å². The van der Waals surface area contributed by atoms with Gasteiger partial charge in [-0.25, -0.2) is 4.79 Å². The molecule has 12 heavy (non-hydrogen) atoms. The average molecular weight is 176 g/mol. The normalized spacial score (nSPS) is 11.8. The monoisotopic (exact) mass is 176 g/mol. The van der Waals surface area contributed by atoms with E-state index in [0.29, 0.717) is 0 Å². The Morgan fingerprint density at radius 3 is 2.58 bits per heavy atom. The van der Waals surface area contributed by atoms with Gasteiger partial charge >= 0.3 is 12.1 Å². The second-order valence-corrected chi connectivity index (χ2v) is 2.15. The highest BCUT2D eigenvalue weighted by atomic mass is 16.5. The summed E-state index contributed by atoms with van der Waals surface area (Å²) in [7, 11) is 0. The van der Waals surface area contributed by atoms with Crippen LogP contribution in [-0.4, -0.2) is 36.4 Å². The summed E-state index contributed by atoms with van der Waals surface area (Å²) in [5.74, 6) is -0.474. The van der Waals surface area contributed by atoms with Gasteiger partial charge in [-0.3, -0.25) is 4.79 Å². The smallest absolute Gasteiger partial charge is 0.404 e. The highest BCUT2D eigenvalue weighted by molar-refractivity contribution is 5.66. The Kier molecular flexibility index (Phi) is 4.78. The maximum Gasteiger partial charge on any atom is 0.404 e. The van der Waals surface area contributed by atoms with E-state index in [-0.39, 0.29) is 13.1 Å². The van der Waals surface area contributed by atoms with Crippen molar-refractivity contribution >= 4 is 12.1 Å². The summed E-state index contributed by atoms with van der Waals surface area (Å²) >= 11 is 0. The van der Waals surface area contributed by atoms with E-state index in [1.54, 1.807) is 0 Å². The third-order valence-electron chi connectivity index (χ3n) is 1.08. The number of nitrogens with one attached hydrogen (secondary N) is 1. The predicted molar refractivity (Wildman–Crippen MR) is 40.6 cm³/mol. The molecule has 0 aromatic rings. The van der Waals surface area contributed by atoms with Crippen LogP contribution in [-0.2, 0) is 9.53 Å². The van der Waals surface area contributed by atoms with Gasteiger partial charge in [-0.1, -0.05) is 0 Å². The molecule has 0 aromatic heterocycles. The molecule has 0 aliphatic rings. The van der Waals surface area contributed by atoms with Crippen molar-refractivity contribution in [1.82, 2.24) is 5.32 Å². The predicted octanol–water partition coefficient (Wildman–Crippen LogP) is -0.856. The van der Waals surface area contributed by atoms with Crippen molar-refractivity contribution < 1.29 is 19.4 Å². The van der Waals surface area contributed by atoms with Crippen LogP contribution in [0.5, 0.6) is 0 Å². The molecule has 0 radical (unpaired) electrons. The number of ether oxygens (including phenoxy) is 1. The van der Waals surface area contributed by atoms with Gasteiger partial charge in [-0.05, 0) is 0 Å². The Balaban J connectivity index is 3.67. The lowest BCUT2D eigenvalue weighted by atomic mass is 10.3. The third-order valence-corrected chi connectivity index (χ3v) is 1.08. The molecule has 0 rings (SSSR count). The quantitative estimate of drug-likeness (QED) is 0.484. The van der Waals surface area contributed by atoms with Crippen molar-refractivity contribution in [3.63, 3.8) is 0 Å². The van der Waals surface area contributed by atoms with E-state index in [2.05, 4.69) is 10.1 Å². The second-order valence-electron chi connectivity index (χ2n) is 2.15. The first kappa shape index (κ1) is 10.7. The number of carboxylic acid groups (broad SMARTS) is 1. The first-order chi connectivity index (χ1) is 5.56. The lowest BCUT2D eigenvalue weighted by Gasteiger charge is -2.13. The molecule has 1 atom stereocenters. The minimum Gasteiger partial charge on any atom is -0.465 e. The summed E-state index contributed by atoms with van der Waals surface area (Å²) in [5.41, 5.74) is 5.20. The number of esters is 1. The van der Waals surface area contributed by atoms with Crippen molar-refractivity contribution in [2.24, 2.45) is 5.73 Å². The van der Waals surface area contributed by atoms with Crippen molar-refractivity contribution in [2.75, 3.05) is 13.1 Å². The Labute approximate surface area is 69.7 Å². The van der Waals surface area contributed by atoms with Gasteiger partial charge in [0.15, 0.2) is 0 Å². The van der Waals surface area contributed by atoms with Crippen LogP contribution in [0.4, 0.5) is 4.79 Å². The number of carbonyl (C=O) groups is 2. The number of rotatable bonds is 4. The average Bonchev–Trinajstić information content (AvgIpc) is 1.97. The molecule has 1 amide bonds. The molecule has 4 N–H and O–H groups in total. The van der Waals surface area contributed by atoms with Gasteiger partial charge in [0.2, 0.25) is 0 Å². The maximum atomic E-state index is 10.4. The van der Waals surface area contributed by atoms with E-state index in [1.807, 2.05) is 0 Å². The van der Waals surface area contributed by atoms with Gasteiger partial charge in [0, 0.05) is 13.5 Å². The van der Waals surface area contributed by atoms with Crippen LogP contribution in [0.2, 0.25) is 0 Å². The molecular formula is C6H12N2O4. The number of nitrogens with two attached hydrogens (primary N) is 1. The van der Waals surface area contributed by atoms with Crippen LogP contribution < -0.4 is 11.1 Å². The molecule has 6 heteroatoms. The third kappa shape index (κ3) is 5.48. The standard InChI is InChI=1S/C6H12N2O4/c1-4(9)12-5(2-7)3-8-6(10)11/h5,8H,2-3,7H2,1H3,(H,10,11)/t5-/m0/s1. The van der Waals surface area contributed by atoms with Crippen LogP contribution in [0.1, 0.15) is 6.92 Å². The molecule has 0 saturated heterocycles. The maximum absolute atomic E-state index is 10.4. The summed E-state index contributed by atoms with van der Waals surface area (Å²) in [6, 6.07) is 0. The summed E-state index contributed by atoms with van der Waals surface area (Å²) < 4.78 is 4.66. The van der Waals surface area contributed by atoms with Crippen molar-refractivity contribution in [1.29, 1.82) is 0 Å². The first-order valence-electron chi connectivity index (χ1n) is 3.40. The number of carbonyl (C=O) groups excluding carboxylic acids is 1. The summed E-state index contributed by atoms with van der Waals surface area (Å²) in [5, 5.41) is 10.3. The fourth-order valence-electron chi connectivity index (χ4n) is 0.609. The molecule has 0 aliphatic heterocycles. The van der Waals surface area contributed by atoms with E-state index in [4.69, 9.17) is 10.8 Å². The number of amides is 1. The highest BCUT2D eigenvalue weighted by Gasteiger charge is 2.10. The molecule has 0 spiro atoms. The Morgan fingerprint density at radius 1 is 1.67 bits per heavy atom. The number of hydrogen-bond acceptors (Lipinski definition) is 4. The van der Waals surface area contributed by atoms with E-state index < -0.39 is 18.2 Å². The minimum absolute atomic E-state index is 0.0193. The number of hydrogen-bond donors (Lipinski definition) is 3. The topological polar surface area (TPSA) is 102 Å². The van der Waals surface area contributed by atoms with Gasteiger partial charge in [-0.15, -0.1) is 0 Å². The van der Waals surface area contributed by atoms with E-state index >= 15 is 0 Å². The van der Waals surface area contributed by atoms with Crippen LogP contribution >= 0.6 is 0 Å². The summed E-state index contributed by atoms with van der Waals surface area (Å²) in [6.45, 7) is 1.36. The molecule has 0 fully saturated rings. The van der Waals surface area contributed by atoms with Gasteiger partial charge in [0.1, 0.15) is 6.10 Å². The molecule has 6 nitrogen and oxygen atoms in total. The van der Waals surface area contributed by atoms with Crippen LogP contribution in [0.25, 0.3) is 0 Å². The van der Waals surface area contributed by atoms with Gasteiger partial charge in [0.25, 0.3) is 0 Å². The largest absolute Gasteiger partial charge is 0.465 e. The van der Waals surface area contributed by atoms with E-state index in [0.717, 1.165) is 0 Å². The van der Waals surface area contributed by atoms with Crippen LogP contribution in [0.15, 0.2) is 0 Å². The zero-order chi connectivity index (χ0) is 9.56. The molecule has 0 heterocycles. The zero-order valence-corrected chi connectivity index (χ0v) is 6.74.